The molecule has 1 nitrogen and oxygen atoms in total. The number of Topliss-reactive ketones (excluding diaryl/α,β-unsaturated/α-hetero) is 1. The van der Waals surface area contributed by atoms with E-state index in [2.05, 4.69) is 0 Å². The maximum Gasteiger partial charge on any atom is 0.142 e. The Morgan fingerprint density at radius 2 is 2.20 bits per heavy atom. The number of ketones is 1. The van der Waals surface area contributed by atoms with Crippen molar-refractivity contribution in [3.05, 3.63) is 34.6 Å². The van der Waals surface area contributed by atoms with E-state index in [0.29, 0.717) is 12.8 Å². The van der Waals surface area contributed by atoms with Gasteiger partial charge in [-0.1, -0.05) is 24.6 Å². The Hall–Kier alpha value is -0.890. The Balaban J connectivity index is 2.44. The highest BCUT2D eigenvalue weighted by atomic mass is 35.5. The molecule has 1 aromatic rings. The van der Waals surface area contributed by atoms with Gasteiger partial charge in [-0.05, 0) is 30.5 Å². The van der Waals surface area contributed by atoms with Gasteiger partial charge in [-0.3, -0.25) is 4.79 Å². The van der Waals surface area contributed by atoms with Gasteiger partial charge in [0.2, 0.25) is 0 Å². The van der Waals surface area contributed by atoms with E-state index in [1.54, 1.807) is 12.1 Å². The molecular formula is C12H14ClFO. The van der Waals surface area contributed by atoms with Crippen LogP contribution < -0.4 is 0 Å². The highest BCUT2D eigenvalue weighted by Crippen LogP contribution is 2.16. The van der Waals surface area contributed by atoms with Crippen molar-refractivity contribution in [3.8, 4) is 0 Å². The summed E-state index contributed by atoms with van der Waals surface area (Å²) in [5, 5.41) is 0.142. The molecule has 0 fully saturated rings. The molecule has 0 aliphatic heterocycles. The van der Waals surface area contributed by atoms with Crippen LogP contribution in [0.1, 0.15) is 31.7 Å². The molecule has 0 spiro atoms. The zero-order chi connectivity index (χ0) is 11.3. The van der Waals surface area contributed by atoms with Gasteiger partial charge >= 0.3 is 0 Å². The van der Waals surface area contributed by atoms with E-state index >= 15 is 0 Å². The average Bonchev–Trinajstić information content (AvgIpc) is 2.23. The zero-order valence-corrected chi connectivity index (χ0v) is 9.48. The lowest BCUT2D eigenvalue weighted by molar-refractivity contribution is -0.118. The molecule has 0 radical (unpaired) electrons. The molecule has 3 heteroatoms. The second kappa shape index (κ2) is 5.86. The average molecular weight is 229 g/mol. The molecule has 15 heavy (non-hydrogen) atoms. The molecule has 0 aliphatic rings. The van der Waals surface area contributed by atoms with Crippen molar-refractivity contribution in [2.24, 2.45) is 0 Å². The van der Waals surface area contributed by atoms with Crippen LogP contribution >= 0.6 is 11.6 Å². The minimum atomic E-state index is -0.393. The third-order valence-electron chi connectivity index (χ3n) is 2.30. The number of halogens is 2. The fourth-order valence-corrected chi connectivity index (χ4v) is 1.48. The van der Waals surface area contributed by atoms with Crippen LogP contribution in [0.5, 0.6) is 0 Å². The first-order valence-corrected chi connectivity index (χ1v) is 5.47. The summed E-state index contributed by atoms with van der Waals surface area (Å²) in [5.41, 5.74) is 0.890. The van der Waals surface area contributed by atoms with Crippen molar-refractivity contribution >= 4 is 17.4 Å². The number of aryl methyl sites for hydroxylation is 1. The SMILES string of the molecule is CCC(=O)CCCc1ccc(Cl)c(F)c1. The van der Waals surface area contributed by atoms with Gasteiger partial charge < -0.3 is 0 Å². The molecule has 0 N–H and O–H groups in total. The van der Waals surface area contributed by atoms with Crippen molar-refractivity contribution in [1.82, 2.24) is 0 Å². The molecule has 0 atom stereocenters. The monoisotopic (exact) mass is 228 g/mol. The molecule has 1 rings (SSSR count). The summed E-state index contributed by atoms with van der Waals surface area (Å²) in [6.45, 7) is 1.85. The molecule has 82 valence electrons. The van der Waals surface area contributed by atoms with Gasteiger partial charge in [0.05, 0.1) is 5.02 Å². The Kier molecular flexibility index (Phi) is 4.76. The van der Waals surface area contributed by atoms with Gasteiger partial charge in [0.1, 0.15) is 11.6 Å². The number of carbonyl (C=O) groups excluding carboxylic acids is 1. The number of hydrogen-bond donors (Lipinski definition) is 0. The van der Waals surface area contributed by atoms with Gasteiger partial charge in [0.25, 0.3) is 0 Å². The molecule has 0 saturated carbocycles. The minimum Gasteiger partial charge on any atom is -0.300 e. The number of rotatable bonds is 5. The van der Waals surface area contributed by atoms with E-state index in [0.717, 1.165) is 18.4 Å². The summed E-state index contributed by atoms with van der Waals surface area (Å²) in [6.07, 6.45) is 2.64. The summed E-state index contributed by atoms with van der Waals surface area (Å²) in [4.78, 5) is 11.0. The van der Waals surface area contributed by atoms with E-state index in [4.69, 9.17) is 11.6 Å². The van der Waals surface area contributed by atoms with E-state index < -0.39 is 5.82 Å². The van der Waals surface area contributed by atoms with Gasteiger partial charge in [0, 0.05) is 12.8 Å². The predicted molar refractivity (Wildman–Crippen MR) is 59.6 cm³/mol. The van der Waals surface area contributed by atoms with Crippen LogP contribution in [-0.4, -0.2) is 5.78 Å². The second-order valence-electron chi connectivity index (χ2n) is 3.49. The molecular weight excluding hydrogens is 215 g/mol. The predicted octanol–water partition coefficient (Wildman–Crippen LogP) is 3.78. The maximum absolute atomic E-state index is 13.0. The van der Waals surface area contributed by atoms with Crippen LogP contribution in [0.4, 0.5) is 4.39 Å². The lowest BCUT2D eigenvalue weighted by Crippen LogP contribution is -1.96. The zero-order valence-electron chi connectivity index (χ0n) is 8.72. The summed E-state index contributed by atoms with van der Waals surface area (Å²) >= 11 is 5.56. The summed E-state index contributed by atoms with van der Waals surface area (Å²) in [7, 11) is 0. The Bertz CT molecular complexity index is 349. The topological polar surface area (TPSA) is 17.1 Å². The number of carbonyl (C=O) groups is 1. The molecule has 1 aromatic carbocycles. The molecule has 0 amide bonds. The van der Waals surface area contributed by atoms with Crippen molar-refractivity contribution in [2.45, 2.75) is 32.6 Å². The van der Waals surface area contributed by atoms with Crippen molar-refractivity contribution in [2.75, 3.05) is 0 Å². The molecule has 0 heterocycles. The third-order valence-corrected chi connectivity index (χ3v) is 2.61. The van der Waals surface area contributed by atoms with Crippen LogP contribution in [0.3, 0.4) is 0 Å². The Morgan fingerprint density at radius 1 is 1.47 bits per heavy atom. The molecule has 0 saturated heterocycles. The van der Waals surface area contributed by atoms with E-state index in [-0.39, 0.29) is 10.8 Å². The van der Waals surface area contributed by atoms with Crippen LogP contribution in [0.2, 0.25) is 5.02 Å². The first-order valence-electron chi connectivity index (χ1n) is 5.09. The number of hydrogen-bond acceptors (Lipinski definition) is 1. The molecule has 0 unspecified atom stereocenters. The summed E-state index contributed by atoms with van der Waals surface area (Å²) in [5.74, 6) is -0.138. The van der Waals surface area contributed by atoms with Gasteiger partial charge in [-0.2, -0.15) is 0 Å². The van der Waals surface area contributed by atoms with Crippen LogP contribution in [-0.2, 0) is 11.2 Å². The van der Waals surface area contributed by atoms with Gasteiger partial charge in [0.15, 0.2) is 0 Å². The van der Waals surface area contributed by atoms with Crippen LogP contribution in [0.25, 0.3) is 0 Å². The lowest BCUT2D eigenvalue weighted by Gasteiger charge is -2.01. The van der Waals surface area contributed by atoms with E-state index in [9.17, 15) is 9.18 Å². The van der Waals surface area contributed by atoms with Crippen molar-refractivity contribution in [3.63, 3.8) is 0 Å². The highest BCUT2D eigenvalue weighted by molar-refractivity contribution is 6.30. The Morgan fingerprint density at radius 3 is 2.80 bits per heavy atom. The maximum atomic E-state index is 13.0. The normalized spacial score (nSPS) is 10.3. The lowest BCUT2D eigenvalue weighted by atomic mass is 10.1. The summed E-state index contributed by atoms with van der Waals surface area (Å²) < 4.78 is 13.0. The molecule has 0 bridgehead atoms. The first-order chi connectivity index (χ1) is 7.13. The largest absolute Gasteiger partial charge is 0.300 e. The first kappa shape index (κ1) is 12.2. The minimum absolute atomic E-state index is 0.142. The van der Waals surface area contributed by atoms with Gasteiger partial charge in [-0.15, -0.1) is 0 Å². The van der Waals surface area contributed by atoms with E-state index in [1.807, 2.05) is 6.92 Å². The van der Waals surface area contributed by atoms with Crippen LogP contribution in [0.15, 0.2) is 18.2 Å². The fourth-order valence-electron chi connectivity index (χ4n) is 1.36. The quantitative estimate of drug-likeness (QED) is 0.750. The number of benzene rings is 1. The standard InChI is InChI=1S/C12H14ClFO/c1-2-10(15)5-3-4-9-6-7-11(13)12(14)8-9/h6-8H,2-5H2,1H3. The second-order valence-corrected chi connectivity index (χ2v) is 3.90. The molecule has 0 aromatic heterocycles. The van der Waals surface area contributed by atoms with Crippen LogP contribution in [0, 0.1) is 5.82 Å². The van der Waals surface area contributed by atoms with Gasteiger partial charge in [-0.25, -0.2) is 4.39 Å². The molecule has 0 aliphatic carbocycles. The smallest absolute Gasteiger partial charge is 0.142 e. The van der Waals surface area contributed by atoms with Crippen molar-refractivity contribution < 1.29 is 9.18 Å². The highest BCUT2D eigenvalue weighted by Gasteiger charge is 2.02. The Labute approximate surface area is 94.3 Å². The van der Waals surface area contributed by atoms with Crippen molar-refractivity contribution in [1.29, 1.82) is 0 Å². The van der Waals surface area contributed by atoms with E-state index in [1.165, 1.54) is 6.07 Å². The summed E-state index contributed by atoms with van der Waals surface area (Å²) in [6, 6.07) is 4.77. The third kappa shape index (κ3) is 4.00. The fraction of sp³-hybridized carbons (Fsp3) is 0.417.